The van der Waals surface area contributed by atoms with Gasteiger partial charge in [-0.3, -0.25) is 4.57 Å². The van der Waals surface area contributed by atoms with Gasteiger partial charge in [-0.15, -0.1) is 0 Å². The van der Waals surface area contributed by atoms with Crippen LogP contribution in [0.15, 0.2) is 50.1 Å². The lowest BCUT2D eigenvalue weighted by molar-refractivity contribution is 0.288. The van der Waals surface area contributed by atoms with Crippen molar-refractivity contribution in [3.63, 3.8) is 0 Å². The minimum absolute atomic E-state index is 0.355. The molecule has 2 aromatic carbocycles. The van der Waals surface area contributed by atoms with Gasteiger partial charge in [0.15, 0.2) is 17.1 Å². The van der Waals surface area contributed by atoms with Gasteiger partial charge in [0.25, 0.3) is 5.89 Å². The molecular formula is C20H19N3O5. The first-order valence-corrected chi connectivity index (χ1v) is 8.94. The zero-order valence-corrected chi connectivity index (χ0v) is 15.8. The monoisotopic (exact) mass is 381 g/mol. The third-order valence-corrected chi connectivity index (χ3v) is 4.27. The van der Waals surface area contributed by atoms with Crippen molar-refractivity contribution < 1.29 is 18.4 Å². The summed E-state index contributed by atoms with van der Waals surface area (Å²) in [5.74, 6) is 1.62. The maximum atomic E-state index is 11.7. The Hall–Kier alpha value is -3.55. The highest BCUT2D eigenvalue weighted by Gasteiger charge is 2.15. The third-order valence-electron chi connectivity index (χ3n) is 4.27. The van der Waals surface area contributed by atoms with Gasteiger partial charge in [0.1, 0.15) is 0 Å². The Morgan fingerprint density at radius 2 is 1.75 bits per heavy atom. The number of hydrogen-bond donors (Lipinski definition) is 0. The van der Waals surface area contributed by atoms with E-state index in [0.29, 0.717) is 53.1 Å². The highest BCUT2D eigenvalue weighted by molar-refractivity contribution is 5.79. The van der Waals surface area contributed by atoms with Gasteiger partial charge in [0, 0.05) is 18.2 Å². The molecule has 0 saturated carbocycles. The molecule has 0 fully saturated rings. The first-order chi connectivity index (χ1) is 13.6. The lowest BCUT2D eigenvalue weighted by atomic mass is 10.2. The van der Waals surface area contributed by atoms with Crippen molar-refractivity contribution in [1.29, 1.82) is 0 Å². The van der Waals surface area contributed by atoms with E-state index in [-0.39, 0.29) is 0 Å². The molecule has 8 nitrogen and oxygen atoms in total. The van der Waals surface area contributed by atoms with Crippen LogP contribution in [0.1, 0.15) is 13.8 Å². The average Bonchev–Trinajstić information content (AvgIpc) is 3.29. The third kappa shape index (κ3) is 3.13. The van der Waals surface area contributed by atoms with Crippen LogP contribution in [-0.4, -0.2) is 27.9 Å². The van der Waals surface area contributed by atoms with Crippen molar-refractivity contribution in [2.24, 2.45) is 7.05 Å². The molecule has 0 radical (unpaired) electrons. The molecule has 0 amide bonds. The van der Waals surface area contributed by atoms with Gasteiger partial charge in [-0.2, -0.15) is 4.98 Å². The average molecular weight is 381 g/mol. The van der Waals surface area contributed by atoms with Crippen LogP contribution >= 0.6 is 0 Å². The van der Waals surface area contributed by atoms with E-state index in [0.717, 1.165) is 5.56 Å². The van der Waals surface area contributed by atoms with Gasteiger partial charge in [-0.1, -0.05) is 5.16 Å². The molecule has 0 unspecified atom stereocenters. The Kier molecular flexibility index (Phi) is 4.60. The van der Waals surface area contributed by atoms with Gasteiger partial charge < -0.3 is 18.4 Å². The molecule has 4 rings (SSSR count). The first kappa shape index (κ1) is 17.8. The Labute approximate surface area is 160 Å². The van der Waals surface area contributed by atoms with Crippen molar-refractivity contribution in [2.75, 3.05) is 13.2 Å². The minimum atomic E-state index is -0.418. The van der Waals surface area contributed by atoms with E-state index in [2.05, 4.69) is 10.1 Å². The second-order valence-electron chi connectivity index (χ2n) is 6.06. The van der Waals surface area contributed by atoms with Gasteiger partial charge in [-0.05, 0) is 50.2 Å². The quantitative estimate of drug-likeness (QED) is 0.503. The molecule has 0 aliphatic heterocycles. The number of benzene rings is 2. The molecule has 0 N–H and O–H groups in total. The fraction of sp³-hybridized carbons (Fsp3) is 0.250. The van der Waals surface area contributed by atoms with E-state index in [4.69, 9.17) is 18.4 Å². The van der Waals surface area contributed by atoms with E-state index >= 15 is 0 Å². The number of hydrogen-bond acceptors (Lipinski definition) is 7. The van der Waals surface area contributed by atoms with Crippen molar-refractivity contribution in [3.8, 4) is 34.3 Å². The van der Waals surface area contributed by atoms with Crippen LogP contribution in [0.4, 0.5) is 0 Å². The molecule has 0 aliphatic rings. The standard InChI is InChI=1S/C20H19N3O5/c1-4-25-15-9-7-13(11-17(15)26-5-2)19-21-18(22-28-19)12-6-8-14-16(10-12)27-20(24)23(14)3/h6-11H,4-5H2,1-3H3. The summed E-state index contributed by atoms with van der Waals surface area (Å²) >= 11 is 0. The number of aromatic nitrogens is 3. The molecule has 0 aliphatic carbocycles. The van der Waals surface area contributed by atoms with Crippen LogP contribution in [0, 0.1) is 0 Å². The van der Waals surface area contributed by atoms with Crippen molar-refractivity contribution in [2.45, 2.75) is 13.8 Å². The Balaban J connectivity index is 1.69. The number of rotatable bonds is 6. The van der Waals surface area contributed by atoms with E-state index in [1.165, 1.54) is 4.57 Å². The van der Waals surface area contributed by atoms with Crippen LogP contribution in [0.2, 0.25) is 0 Å². The largest absolute Gasteiger partial charge is 0.490 e. The molecule has 0 atom stereocenters. The SMILES string of the molecule is CCOc1ccc(-c2nc(-c3ccc4c(c3)oc(=O)n4C)no2)cc1OCC. The lowest BCUT2D eigenvalue weighted by Gasteiger charge is -2.11. The van der Waals surface area contributed by atoms with Gasteiger partial charge in [-0.25, -0.2) is 4.79 Å². The van der Waals surface area contributed by atoms with Crippen LogP contribution < -0.4 is 15.2 Å². The van der Waals surface area contributed by atoms with Crippen molar-refractivity contribution in [1.82, 2.24) is 14.7 Å². The molecule has 2 heterocycles. The van der Waals surface area contributed by atoms with E-state index in [1.54, 1.807) is 19.2 Å². The summed E-state index contributed by atoms with van der Waals surface area (Å²) in [6, 6.07) is 10.8. The Bertz CT molecular complexity index is 1190. The summed E-state index contributed by atoms with van der Waals surface area (Å²) in [7, 11) is 1.65. The number of aryl methyl sites for hydroxylation is 1. The number of ether oxygens (including phenoxy) is 2. The summed E-state index contributed by atoms with van der Waals surface area (Å²) in [4.78, 5) is 16.1. The minimum Gasteiger partial charge on any atom is -0.490 e. The van der Waals surface area contributed by atoms with Crippen molar-refractivity contribution >= 4 is 11.1 Å². The zero-order chi connectivity index (χ0) is 19.7. The number of fused-ring (bicyclic) bond motifs is 1. The molecule has 144 valence electrons. The zero-order valence-electron chi connectivity index (χ0n) is 15.8. The summed E-state index contributed by atoms with van der Waals surface area (Å²) in [5.41, 5.74) is 2.58. The molecule has 4 aromatic rings. The molecule has 0 bridgehead atoms. The molecule has 8 heteroatoms. The molecule has 28 heavy (non-hydrogen) atoms. The second-order valence-corrected chi connectivity index (χ2v) is 6.06. The molecule has 0 saturated heterocycles. The molecule has 0 spiro atoms. The van der Waals surface area contributed by atoms with Crippen molar-refractivity contribution in [3.05, 3.63) is 46.9 Å². The fourth-order valence-electron chi connectivity index (χ4n) is 2.92. The topological polar surface area (TPSA) is 92.5 Å². The van der Waals surface area contributed by atoms with E-state index < -0.39 is 5.76 Å². The number of oxazole rings is 1. The first-order valence-electron chi connectivity index (χ1n) is 8.94. The van der Waals surface area contributed by atoms with Gasteiger partial charge >= 0.3 is 5.76 Å². The maximum Gasteiger partial charge on any atom is 0.419 e. The lowest BCUT2D eigenvalue weighted by Crippen LogP contribution is -2.08. The van der Waals surface area contributed by atoms with E-state index in [9.17, 15) is 4.79 Å². The summed E-state index contributed by atoms with van der Waals surface area (Å²) in [6.45, 7) is 4.88. The summed E-state index contributed by atoms with van der Waals surface area (Å²) in [6.07, 6.45) is 0. The highest BCUT2D eigenvalue weighted by Crippen LogP contribution is 2.33. The second kappa shape index (κ2) is 7.22. The molecular weight excluding hydrogens is 362 g/mol. The maximum absolute atomic E-state index is 11.7. The predicted octanol–water partition coefficient (Wildman–Crippen LogP) is 3.65. The molecule has 2 aromatic heterocycles. The van der Waals surface area contributed by atoms with Crippen LogP contribution in [0.5, 0.6) is 11.5 Å². The Morgan fingerprint density at radius 1 is 1.00 bits per heavy atom. The normalized spacial score (nSPS) is 11.1. The highest BCUT2D eigenvalue weighted by atomic mass is 16.5. The van der Waals surface area contributed by atoms with Gasteiger partial charge in [0.2, 0.25) is 5.82 Å². The fourth-order valence-corrected chi connectivity index (χ4v) is 2.92. The predicted molar refractivity (Wildman–Crippen MR) is 103 cm³/mol. The van der Waals surface area contributed by atoms with Crippen LogP contribution in [0.25, 0.3) is 33.9 Å². The summed E-state index contributed by atoms with van der Waals surface area (Å²) in [5, 5.41) is 4.05. The van der Waals surface area contributed by atoms with E-state index in [1.807, 2.05) is 38.1 Å². The smallest absolute Gasteiger partial charge is 0.419 e. The number of nitrogens with zero attached hydrogens (tertiary/aromatic N) is 3. The van der Waals surface area contributed by atoms with Crippen LogP contribution in [-0.2, 0) is 7.05 Å². The van der Waals surface area contributed by atoms with Gasteiger partial charge in [0.05, 0.1) is 18.7 Å². The van der Waals surface area contributed by atoms with Crippen LogP contribution in [0.3, 0.4) is 0 Å². The summed E-state index contributed by atoms with van der Waals surface area (Å²) < 4.78 is 23.3. The Morgan fingerprint density at radius 3 is 2.54 bits per heavy atom.